The van der Waals surface area contributed by atoms with Crippen molar-refractivity contribution in [1.29, 1.82) is 0 Å². The van der Waals surface area contributed by atoms with E-state index in [-0.39, 0.29) is 17.0 Å². The molecule has 0 saturated heterocycles. The Balaban J connectivity index is 2.01. The van der Waals surface area contributed by atoms with Crippen LogP contribution >= 0.6 is 0 Å². The van der Waals surface area contributed by atoms with Crippen LogP contribution in [0, 0.1) is 5.41 Å². The zero-order valence-corrected chi connectivity index (χ0v) is 12.3. The Morgan fingerprint density at radius 2 is 1.70 bits per heavy atom. The molecule has 3 nitrogen and oxygen atoms in total. The fraction of sp³-hybridized carbons (Fsp3) is 0.412. The first-order valence-electron chi connectivity index (χ1n) is 7.02. The monoisotopic (exact) mass is 271 g/mol. The summed E-state index contributed by atoms with van der Waals surface area (Å²) in [5, 5.41) is 3.11. The van der Waals surface area contributed by atoms with Crippen LogP contribution in [0.2, 0.25) is 0 Å². The van der Waals surface area contributed by atoms with E-state index in [1.807, 2.05) is 0 Å². The number of allylic oxidation sites excluding steroid dienone is 2. The summed E-state index contributed by atoms with van der Waals surface area (Å²) in [4.78, 5) is 24.2. The van der Waals surface area contributed by atoms with Crippen molar-refractivity contribution in [3.63, 3.8) is 0 Å². The van der Waals surface area contributed by atoms with Crippen molar-refractivity contribution < 1.29 is 9.59 Å². The van der Waals surface area contributed by atoms with Crippen molar-refractivity contribution in [2.24, 2.45) is 5.41 Å². The molecule has 0 saturated carbocycles. The van der Waals surface area contributed by atoms with Gasteiger partial charge in [-0.25, -0.2) is 0 Å². The normalized spacial score (nSPS) is 14.8. The quantitative estimate of drug-likeness (QED) is 0.854. The van der Waals surface area contributed by atoms with Crippen LogP contribution in [0.25, 0.3) is 0 Å². The van der Waals surface area contributed by atoms with Crippen LogP contribution in [0.15, 0.2) is 36.0 Å². The lowest BCUT2D eigenvalue weighted by molar-refractivity contribution is 0.0978. The Morgan fingerprint density at radius 3 is 2.35 bits per heavy atom. The number of hydrogen-bond donors (Lipinski definition) is 1. The fourth-order valence-electron chi connectivity index (χ4n) is 2.29. The Labute approximate surface area is 120 Å². The fourth-order valence-corrected chi connectivity index (χ4v) is 2.29. The van der Waals surface area contributed by atoms with E-state index in [1.165, 1.54) is 6.08 Å². The van der Waals surface area contributed by atoms with Gasteiger partial charge in [-0.1, -0.05) is 45.0 Å². The molecule has 0 spiro atoms. The largest absolute Gasteiger partial charge is 0.382 e. The Hall–Kier alpha value is -1.90. The molecule has 106 valence electrons. The van der Waals surface area contributed by atoms with Gasteiger partial charge in [0.2, 0.25) is 5.78 Å². The van der Waals surface area contributed by atoms with Crippen LogP contribution in [0.1, 0.15) is 54.3 Å². The highest BCUT2D eigenvalue weighted by Crippen LogP contribution is 2.21. The minimum Gasteiger partial charge on any atom is -0.382 e. The molecular formula is C17H21NO2. The molecule has 0 atom stereocenters. The second-order valence-electron chi connectivity index (χ2n) is 6.39. The van der Waals surface area contributed by atoms with E-state index in [1.54, 1.807) is 24.3 Å². The van der Waals surface area contributed by atoms with Crippen LogP contribution in [0.4, 0.5) is 0 Å². The molecule has 0 unspecified atom stereocenters. The molecule has 0 heterocycles. The van der Waals surface area contributed by atoms with Gasteiger partial charge in [-0.15, -0.1) is 0 Å². The van der Waals surface area contributed by atoms with E-state index in [4.69, 9.17) is 0 Å². The topological polar surface area (TPSA) is 46.2 Å². The van der Waals surface area contributed by atoms with Gasteiger partial charge in [-0.3, -0.25) is 9.59 Å². The van der Waals surface area contributed by atoms with Gasteiger partial charge in [0, 0.05) is 23.7 Å². The minimum atomic E-state index is -0.0986. The van der Waals surface area contributed by atoms with E-state index in [2.05, 4.69) is 26.1 Å². The van der Waals surface area contributed by atoms with E-state index in [0.717, 1.165) is 12.8 Å². The minimum absolute atomic E-state index is 0.0871. The number of fused-ring (bicyclic) bond motifs is 1. The Morgan fingerprint density at radius 1 is 1.05 bits per heavy atom. The first-order chi connectivity index (χ1) is 9.38. The maximum Gasteiger partial charge on any atom is 0.209 e. The average Bonchev–Trinajstić information content (AvgIpc) is 2.39. The summed E-state index contributed by atoms with van der Waals surface area (Å²) in [6.07, 6.45) is 3.47. The molecule has 0 amide bonds. The maximum atomic E-state index is 12.3. The van der Waals surface area contributed by atoms with Gasteiger partial charge >= 0.3 is 0 Å². The maximum absolute atomic E-state index is 12.3. The van der Waals surface area contributed by atoms with E-state index in [0.29, 0.717) is 23.4 Å². The number of Topliss-reactive ketones (excluding diaryl/α,β-unsaturated/α-hetero) is 1. The molecule has 0 bridgehead atoms. The predicted octanol–water partition coefficient (Wildman–Crippen LogP) is 3.37. The average molecular weight is 271 g/mol. The van der Waals surface area contributed by atoms with Gasteiger partial charge < -0.3 is 5.32 Å². The molecule has 0 aromatic heterocycles. The molecule has 0 aliphatic heterocycles. The summed E-state index contributed by atoms with van der Waals surface area (Å²) >= 11 is 0. The van der Waals surface area contributed by atoms with Crippen molar-refractivity contribution in [2.75, 3.05) is 6.54 Å². The molecule has 1 aromatic rings. The van der Waals surface area contributed by atoms with E-state index < -0.39 is 0 Å². The summed E-state index contributed by atoms with van der Waals surface area (Å²) in [7, 11) is 0. The van der Waals surface area contributed by atoms with E-state index >= 15 is 0 Å². The zero-order chi connectivity index (χ0) is 14.8. The summed E-state index contributed by atoms with van der Waals surface area (Å²) in [5.41, 5.74) is 1.70. The Kier molecular flexibility index (Phi) is 4.07. The molecule has 1 aliphatic carbocycles. The van der Waals surface area contributed by atoms with Crippen LogP contribution in [0.5, 0.6) is 0 Å². The Bertz CT molecular complexity index is 565. The highest BCUT2D eigenvalue weighted by molar-refractivity contribution is 6.24. The van der Waals surface area contributed by atoms with Gasteiger partial charge in [0.25, 0.3) is 0 Å². The molecule has 20 heavy (non-hydrogen) atoms. The molecular weight excluding hydrogens is 250 g/mol. The molecule has 1 aromatic carbocycles. The van der Waals surface area contributed by atoms with Crippen molar-refractivity contribution in [3.8, 4) is 0 Å². The standard InChI is InChI=1S/C17H21NO2/c1-17(2,3)9-6-10-18-14-11-15(19)12-7-4-5-8-13(12)16(14)20/h4-5,7-8,11,18H,6,9-10H2,1-3H3. The van der Waals surface area contributed by atoms with Crippen molar-refractivity contribution >= 4 is 11.6 Å². The number of hydrogen-bond acceptors (Lipinski definition) is 3. The summed E-state index contributed by atoms with van der Waals surface area (Å²) in [5.74, 6) is -0.186. The summed E-state index contributed by atoms with van der Waals surface area (Å²) in [6, 6.07) is 6.97. The van der Waals surface area contributed by atoms with E-state index in [9.17, 15) is 9.59 Å². The smallest absolute Gasteiger partial charge is 0.209 e. The molecule has 1 aliphatic rings. The lowest BCUT2D eigenvalue weighted by Gasteiger charge is -2.19. The number of rotatable bonds is 4. The van der Waals surface area contributed by atoms with Gasteiger partial charge in [0.1, 0.15) is 0 Å². The summed E-state index contributed by atoms with van der Waals surface area (Å²) < 4.78 is 0. The third-order valence-corrected chi connectivity index (χ3v) is 3.38. The van der Waals surface area contributed by atoms with Gasteiger partial charge in [0.15, 0.2) is 5.78 Å². The highest BCUT2D eigenvalue weighted by atomic mass is 16.1. The predicted molar refractivity (Wildman–Crippen MR) is 79.9 cm³/mol. The number of benzene rings is 1. The molecule has 0 fully saturated rings. The molecule has 1 N–H and O–H groups in total. The van der Waals surface area contributed by atoms with Gasteiger partial charge in [-0.2, -0.15) is 0 Å². The first kappa shape index (κ1) is 14.5. The SMILES string of the molecule is CC(C)(C)CCCNC1=CC(=O)c2ccccc2C1=O. The van der Waals surface area contributed by atoms with Crippen molar-refractivity contribution in [3.05, 3.63) is 47.2 Å². The lowest BCUT2D eigenvalue weighted by Crippen LogP contribution is -2.27. The highest BCUT2D eigenvalue weighted by Gasteiger charge is 2.24. The molecule has 3 heteroatoms. The second kappa shape index (κ2) is 5.61. The van der Waals surface area contributed by atoms with Crippen molar-refractivity contribution in [1.82, 2.24) is 5.32 Å². The number of carbonyl (C=O) groups is 2. The van der Waals surface area contributed by atoms with Gasteiger partial charge in [-0.05, 0) is 18.3 Å². The second-order valence-corrected chi connectivity index (χ2v) is 6.39. The van der Waals surface area contributed by atoms with Crippen LogP contribution < -0.4 is 5.32 Å². The lowest BCUT2D eigenvalue weighted by atomic mass is 9.90. The zero-order valence-electron chi connectivity index (χ0n) is 12.3. The molecule has 0 radical (unpaired) electrons. The number of nitrogens with one attached hydrogen (secondary N) is 1. The summed E-state index contributed by atoms with van der Waals surface area (Å²) in [6.45, 7) is 7.29. The van der Waals surface area contributed by atoms with Crippen LogP contribution in [-0.4, -0.2) is 18.1 Å². The third-order valence-electron chi connectivity index (χ3n) is 3.38. The number of carbonyl (C=O) groups excluding carboxylic acids is 2. The molecule has 2 rings (SSSR count). The third kappa shape index (κ3) is 3.35. The van der Waals surface area contributed by atoms with Crippen LogP contribution in [-0.2, 0) is 0 Å². The van der Waals surface area contributed by atoms with Gasteiger partial charge in [0.05, 0.1) is 5.70 Å². The van der Waals surface area contributed by atoms with Crippen molar-refractivity contribution in [2.45, 2.75) is 33.6 Å². The first-order valence-corrected chi connectivity index (χ1v) is 7.02. The number of ketones is 2. The van der Waals surface area contributed by atoms with Crippen LogP contribution in [0.3, 0.4) is 0 Å².